The van der Waals surface area contributed by atoms with Crippen LogP contribution in [0.25, 0.3) is 0 Å². The normalized spacial score (nSPS) is 15.2. The van der Waals surface area contributed by atoms with Crippen molar-refractivity contribution in [2.24, 2.45) is 0 Å². The van der Waals surface area contributed by atoms with Gasteiger partial charge in [-0.05, 0) is 36.4 Å². The van der Waals surface area contributed by atoms with Crippen molar-refractivity contribution < 1.29 is 22.8 Å². The molecule has 0 saturated carbocycles. The molecule has 0 radical (unpaired) electrons. The molecule has 1 aliphatic heterocycles. The summed E-state index contributed by atoms with van der Waals surface area (Å²) in [6, 6.07) is 9.84. The minimum absolute atomic E-state index is 0.0687. The van der Waals surface area contributed by atoms with Crippen molar-refractivity contribution in [3.05, 3.63) is 63.6 Å². The fraction of sp³-hybridized carbons (Fsp3) is 0.300. The van der Waals surface area contributed by atoms with Gasteiger partial charge in [0.1, 0.15) is 0 Å². The monoisotopic (exact) mass is 459 g/mol. The third-order valence-corrected chi connectivity index (χ3v) is 5.13. The van der Waals surface area contributed by atoms with Crippen molar-refractivity contribution in [1.82, 2.24) is 9.80 Å². The van der Waals surface area contributed by atoms with E-state index in [0.29, 0.717) is 36.8 Å². The van der Waals surface area contributed by atoms with Gasteiger partial charge in [0.25, 0.3) is 5.91 Å². The molecule has 0 atom stereocenters. The molecular formula is C20H18Cl2F3N3O2. The SMILES string of the molecule is O=C(CN1CCN(C(=O)c2cccc(Cl)c2)CC1)Nc1ccc(Cl)cc1C(F)(F)F. The summed E-state index contributed by atoms with van der Waals surface area (Å²) in [6.07, 6.45) is -4.64. The molecule has 3 rings (SSSR count). The van der Waals surface area contributed by atoms with E-state index in [9.17, 15) is 22.8 Å². The molecule has 2 amide bonds. The number of alkyl halides is 3. The fourth-order valence-electron chi connectivity index (χ4n) is 3.17. The van der Waals surface area contributed by atoms with Crippen LogP contribution in [0, 0.1) is 0 Å². The molecule has 0 aromatic heterocycles. The first-order chi connectivity index (χ1) is 14.1. The molecule has 0 spiro atoms. The lowest BCUT2D eigenvalue weighted by Gasteiger charge is -2.34. The van der Waals surface area contributed by atoms with Crippen LogP contribution in [0.5, 0.6) is 0 Å². The molecule has 1 aliphatic rings. The zero-order valence-corrected chi connectivity index (χ0v) is 17.2. The molecule has 1 saturated heterocycles. The van der Waals surface area contributed by atoms with Gasteiger partial charge in [0, 0.05) is 41.8 Å². The first-order valence-electron chi connectivity index (χ1n) is 9.07. The van der Waals surface area contributed by atoms with Crippen molar-refractivity contribution in [3.63, 3.8) is 0 Å². The summed E-state index contributed by atoms with van der Waals surface area (Å²) < 4.78 is 39.5. The second kappa shape index (κ2) is 9.24. The van der Waals surface area contributed by atoms with Crippen LogP contribution in [0.3, 0.4) is 0 Å². The van der Waals surface area contributed by atoms with Crippen LogP contribution in [0.15, 0.2) is 42.5 Å². The van der Waals surface area contributed by atoms with E-state index in [2.05, 4.69) is 5.32 Å². The number of rotatable bonds is 4. The Hall–Kier alpha value is -2.29. The predicted molar refractivity (Wildman–Crippen MR) is 109 cm³/mol. The van der Waals surface area contributed by atoms with Gasteiger partial charge in [-0.2, -0.15) is 13.2 Å². The van der Waals surface area contributed by atoms with Gasteiger partial charge < -0.3 is 10.2 Å². The Morgan fingerprint density at radius 1 is 0.967 bits per heavy atom. The van der Waals surface area contributed by atoms with Gasteiger partial charge in [-0.3, -0.25) is 14.5 Å². The maximum atomic E-state index is 13.2. The average molecular weight is 460 g/mol. The number of carbonyl (C=O) groups is 2. The zero-order valence-electron chi connectivity index (χ0n) is 15.7. The van der Waals surface area contributed by atoms with Gasteiger partial charge in [0.15, 0.2) is 0 Å². The molecule has 30 heavy (non-hydrogen) atoms. The number of hydrogen-bond donors (Lipinski definition) is 1. The number of halogens is 5. The lowest BCUT2D eigenvalue weighted by molar-refractivity contribution is -0.137. The van der Waals surface area contributed by atoms with Gasteiger partial charge in [-0.25, -0.2) is 0 Å². The van der Waals surface area contributed by atoms with Crippen LogP contribution in [0.2, 0.25) is 10.0 Å². The van der Waals surface area contributed by atoms with E-state index in [1.807, 2.05) is 0 Å². The highest BCUT2D eigenvalue weighted by molar-refractivity contribution is 6.31. The highest BCUT2D eigenvalue weighted by atomic mass is 35.5. The standard InChI is InChI=1S/C20H18Cl2F3N3O2/c21-14-3-1-2-13(10-14)19(30)28-8-6-27(7-9-28)12-18(29)26-17-5-4-15(22)11-16(17)20(23,24)25/h1-5,10-11H,6-9,12H2,(H,26,29). The number of anilines is 1. The van der Waals surface area contributed by atoms with E-state index in [1.54, 1.807) is 34.1 Å². The Kier molecular flexibility index (Phi) is 6.90. The van der Waals surface area contributed by atoms with E-state index in [4.69, 9.17) is 23.2 Å². The van der Waals surface area contributed by atoms with Crippen LogP contribution in [0.4, 0.5) is 18.9 Å². The molecule has 1 heterocycles. The van der Waals surface area contributed by atoms with Crippen LogP contribution >= 0.6 is 23.2 Å². The molecule has 160 valence electrons. The summed E-state index contributed by atoms with van der Waals surface area (Å²) in [7, 11) is 0. The summed E-state index contributed by atoms with van der Waals surface area (Å²) in [5, 5.41) is 2.70. The van der Waals surface area contributed by atoms with Gasteiger partial charge in [0.2, 0.25) is 5.91 Å². The Morgan fingerprint density at radius 2 is 1.63 bits per heavy atom. The molecule has 2 aromatic rings. The number of piperazine rings is 1. The summed E-state index contributed by atoms with van der Waals surface area (Å²) in [6.45, 7) is 1.55. The highest BCUT2D eigenvalue weighted by Gasteiger charge is 2.34. The van der Waals surface area contributed by atoms with Crippen molar-refractivity contribution in [3.8, 4) is 0 Å². The first-order valence-corrected chi connectivity index (χ1v) is 9.83. The van der Waals surface area contributed by atoms with Gasteiger partial charge in [-0.15, -0.1) is 0 Å². The topological polar surface area (TPSA) is 52.7 Å². The maximum Gasteiger partial charge on any atom is 0.418 e. The largest absolute Gasteiger partial charge is 0.418 e. The number of nitrogens with zero attached hydrogens (tertiary/aromatic N) is 2. The Bertz CT molecular complexity index is 945. The summed E-state index contributed by atoms with van der Waals surface area (Å²) in [4.78, 5) is 28.2. The van der Waals surface area contributed by atoms with Crippen molar-refractivity contribution >= 4 is 40.7 Å². The van der Waals surface area contributed by atoms with Crippen LogP contribution in [-0.4, -0.2) is 54.3 Å². The van der Waals surface area contributed by atoms with E-state index < -0.39 is 17.6 Å². The van der Waals surface area contributed by atoms with Crippen molar-refractivity contribution in [1.29, 1.82) is 0 Å². The third-order valence-electron chi connectivity index (χ3n) is 4.66. The molecule has 0 aliphatic carbocycles. The van der Waals surface area contributed by atoms with E-state index in [1.165, 1.54) is 6.07 Å². The summed E-state index contributed by atoms with van der Waals surface area (Å²) >= 11 is 11.6. The van der Waals surface area contributed by atoms with E-state index in [0.717, 1.165) is 12.1 Å². The van der Waals surface area contributed by atoms with Gasteiger partial charge in [-0.1, -0.05) is 29.3 Å². The summed E-state index contributed by atoms with van der Waals surface area (Å²) in [5.74, 6) is -0.727. The molecule has 1 fully saturated rings. The molecule has 10 heteroatoms. The third kappa shape index (κ3) is 5.65. The quantitative estimate of drug-likeness (QED) is 0.736. The molecular weight excluding hydrogens is 442 g/mol. The minimum Gasteiger partial charge on any atom is -0.336 e. The van der Waals surface area contributed by atoms with Crippen LogP contribution < -0.4 is 5.32 Å². The predicted octanol–water partition coefficient (Wildman–Crippen LogP) is 4.41. The van der Waals surface area contributed by atoms with Crippen LogP contribution in [-0.2, 0) is 11.0 Å². The number of hydrogen-bond acceptors (Lipinski definition) is 3. The molecule has 0 bridgehead atoms. The van der Waals surface area contributed by atoms with E-state index >= 15 is 0 Å². The Labute approximate surface area is 181 Å². The lowest BCUT2D eigenvalue weighted by Crippen LogP contribution is -2.50. The highest BCUT2D eigenvalue weighted by Crippen LogP contribution is 2.36. The molecule has 2 aromatic carbocycles. The Morgan fingerprint density at radius 3 is 2.27 bits per heavy atom. The molecule has 0 unspecified atom stereocenters. The van der Waals surface area contributed by atoms with Gasteiger partial charge >= 0.3 is 6.18 Å². The smallest absolute Gasteiger partial charge is 0.336 e. The molecule has 1 N–H and O–H groups in total. The zero-order chi connectivity index (χ0) is 21.9. The molecule has 5 nitrogen and oxygen atoms in total. The second-order valence-electron chi connectivity index (χ2n) is 6.81. The van der Waals surface area contributed by atoms with Crippen molar-refractivity contribution in [2.45, 2.75) is 6.18 Å². The van der Waals surface area contributed by atoms with Crippen molar-refractivity contribution in [2.75, 3.05) is 38.0 Å². The minimum atomic E-state index is -4.64. The number of nitrogens with one attached hydrogen (secondary N) is 1. The maximum absolute atomic E-state index is 13.2. The Balaban J connectivity index is 1.56. The van der Waals surface area contributed by atoms with Gasteiger partial charge in [0.05, 0.1) is 17.8 Å². The fourth-order valence-corrected chi connectivity index (χ4v) is 3.53. The number of amides is 2. The average Bonchev–Trinajstić information content (AvgIpc) is 2.68. The lowest BCUT2D eigenvalue weighted by atomic mass is 10.1. The number of carbonyl (C=O) groups excluding carboxylic acids is 2. The summed E-state index contributed by atoms with van der Waals surface area (Å²) in [5.41, 5.74) is -0.858. The number of benzene rings is 2. The van der Waals surface area contributed by atoms with E-state index in [-0.39, 0.29) is 23.2 Å². The first kappa shape index (κ1) is 22.4. The second-order valence-corrected chi connectivity index (χ2v) is 7.69. The van der Waals surface area contributed by atoms with Crippen LogP contribution in [0.1, 0.15) is 15.9 Å².